The summed E-state index contributed by atoms with van der Waals surface area (Å²) in [6.07, 6.45) is 0.423. The first kappa shape index (κ1) is 15.1. The zero-order valence-electron chi connectivity index (χ0n) is 10.9. The summed E-state index contributed by atoms with van der Waals surface area (Å²) >= 11 is 0. The van der Waals surface area contributed by atoms with Crippen molar-refractivity contribution < 1.29 is 14.3 Å². The monoisotopic (exact) mass is 242 g/mol. The van der Waals surface area contributed by atoms with Crippen LogP contribution in [0.1, 0.15) is 13.3 Å². The Balaban J connectivity index is 4.48. The Hall–Kier alpha value is -0.903. The maximum Gasteiger partial charge on any atom is 0.316 e. The summed E-state index contributed by atoms with van der Waals surface area (Å²) in [5.74, 6) is -1.28. The summed E-state index contributed by atoms with van der Waals surface area (Å²) in [7, 11) is 0.0753. The van der Waals surface area contributed by atoms with E-state index in [2.05, 4.69) is 31.0 Å². The molecule has 0 saturated heterocycles. The fraction of sp³-hybridized carbons (Fsp3) is 0.667. The van der Waals surface area contributed by atoms with Gasteiger partial charge in [0.25, 0.3) is 0 Å². The van der Waals surface area contributed by atoms with Crippen molar-refractivity contribution in [2.75, 3.05) is 7.11 Å². The van der Waals surface area contributed by atoms with Gasteiger partial charge in [0.1, 0.15) is 11.7 Å². The number of rotatable bonds is 6. The van der Waals surface area contributed by atoms with Crippen molar-refractivity contribution in [2.24, 2.45) is 5.92 Å². The van der Waals surface area contributed by atoms with Gasteiger partial charge in [0.15, 0.2) is 0 Å². The molecule has 16 heavy (non-hydrogen) atoms. The maximum absolute atomic E-state index is 11.4. The second-order valence-corrected chi connectivity index (χ2v) is 10.9. The first-order valence-electron chi connectivity index (χ1n) is 5.42. The number of hydrogen-bond donors (Lipinski definition) is 0. The molecule has 0 saturated carbocycles. The Labute approximate surface area is 98.9 Å². The van der Waals surface area contributed by atoms with Crippen molar-refractivity contribution in [1.29, 1.82) is 0 Å². The largest absolute Gasteiger partial charge is 0.468 e. The highest BCUT2D eigenvalue weighted by molar-refractivity contribution is 6.76. The molecule has 0 heterocycles. The highest BCUT2D eigenvalue weighted by Gasteiger charge is 2.26. The molecule has 0 spiro atoms. The van der Waals surface area contributed by atoms with Crippen molar-refractivity contribution in [1.82, 2.24) is 0 Å². The van der Waals surface area contributed by atoms with E-state index < -0.39 is 20.0 Å². The summed E-state index contributed by atoms with van der Waals surface area (Å²) in [4.78, 5) is 22.7. The van der Waals surface area contributed by atoms with Gasteiger partial charge in [-0.05, 0) is 19.4 Å². The highest BCUT2D eigenvalue weighted by Crippen LogP contribution is 2.22. The van der Waals surface area contributed by atoms with Crippen molar-refractivity contribution in [3.05, 3.63) is 12.2 Å². The Kier molecular flexibility index (Phi) is 5.65. The van der Waals surface area contributed by atoms with E-state index in [9.17, 15) is 9.59 Å². The van der Waals surface area contributed by atoms with Gasteiger partial charge in [-0.15, -0.1) is 6.58 Å². The Morgan fingerprint density at radius 1 is 1.31 bits per heavy atom. The highest BCUT2D eigenvalue weighted by atomic mass is 28.3. The molecule has 0 radical (unpaired) electrons. The second-order valence-electron chi connectivity index (χ2n) is 5.38. The molecular weight excluding hydrogens is 220 g/mol. The van der Waals surface area contributed by atoms with Crippen LogP contribution in [0.3, 0.4) is 0 Å². The van der Waals surface area contributed by atoms with Gasteiger partial charge in [-0.1, -0.05) is 25.2 Å². The maximum atomic E-state index is 11.4. The minimum Gasteiger partial charge on any atom is -0.468 e. The first-order valence-corrected chi connectivity index (χ1v) is 9.13. The molecule has 0 aromatic rings. The minimum absolute atomic E-state index is 0.149. The smallest absolute Gasteiger partial charge is 0.316 e. The molecule has 4 heteroatoms. The molecule has 0 fully saturated rings. The van der Waals surface area contributed by atoms with Gasteiger partial charge in [0, 0.05) is 8.07 Å². The van der Waals surface area contributed by atoms with E-state index in [-0.39, 0.29) is 5.78 Å². The van der Waals surface area contributed by atoms with Gasteiger partial charge in [0.2, 0.25) is 0 Å². The summed E-state index contributed by atoms with van der Waals surface area (Å²) in [6, 6.07) is 0.938. The quantitative estimate of drug-likeness (QED) is 0.311. The van der Waals surface area contributed by atoms with Crippen LogP contribution in [0.2, 0.25) is 25.7 Å². The summed E-state index contributed by atoms with van der Waals surface area (Å²) in [5, 5.41) is 0. The fourth-order valence-electron chi connectivity index (χ4n) is 1.65. The lowest BCUT2D eigenvalue weighted by Gasteiger charge is -2.19. The van der Waals surface area contributed by atoms with Gasteiger partial charge in [0.05, 0.1) is 7.11 Å². The van der Waals surface area contributed by atoms with Crippen LogP contribution in [0.15, 0.2) is 12.2 Å². The molecule has 0 amide bonds. The molecule has 0 aromatic carbocycles. The van der Waals surface area contributed by atoms with Crippen LogP contribution in [0, 0.1) is 5.92 Å². The summed E-state index contributed by atoms with van der Waals surface area (Å²) in [5.41, 5.74) is 0.977. The average molecular weight is 242 g/mol. The number of ketones is 1. The lowest BCUT2D eigenvalue weighted by Crippen LogP contribution is -2.26. The standard InChI is InChI=1S/C12H22O3Si/c1-9(8-16(4,5)6)7-11(10(2)13)12(14)15-3/h11H,1,7-8H2,2-6H3. The van der Waals surface area contributed by atoms with Gasteiger partial charge in [-0.2, -0.15) is 0 Å². The Bertz CT molecular complexity index is 289. The normalized spacial score (nSPS) is 13.1. The van der Waals surface area contributed by atoms with Gasteiger partial charge in [-0.3, -0.25) is 9.59 Å². The predicted octanol–water partition coefficient (Wildman–Crippen LogP) is 2.65. The van der Waals surface area contributed by atoms with E-state index in [0.717, 1.165) is 11.6 Å². The number of carbonyl (C=O) groups is 2. The number of Topliss-reactive ketones (excluding diaryl/α,β-unsaturated/α-hetero) is 1. The third-order valence-electron chi connectivity index (χ3n) is 2.25. The third kappa shape index (κ3) is 5.85. The van der Waals surface area contributed by atoms with E-state index in [0.29, 0.717) is 6.42 Å². The molecule has 1 atom stereocenters. The van der Waals surface area contributed by atoms with Gasteiger partial charge < -0.3 is 4.74 Å². The van der Waals surface area contributed by atoms with Crippen LogP contribution in [0.5, 0.6) is 0 Å². The molecule has 3 nitrogen and oxygen atoms in total. The van der Waals surface area contributed by atoms with Crippen LogP contribution >= 0.6 is 0 Å². The van der Waals surface area contributed by atoms with E-state index in [4.69, 9.17) is 0 Å². The summed E-state index contributed by atoms with van der Waals surface area (Å²) in [6.45, 7) is 12.1. The summed E-state index contributed by atoms with van der Waals surface area (Å²) < 4.78 is 4.62. The zero-order chi connectivity index (χ0) is 12.9. The molecular formula is C12H22O3Si. The minimum atomic E-state index is -1.23. The van der Waals surface area contributed by atoms with Crippen LogP contribution in [0.25, 0.3) is 0 Å². The number of allylic oxidation sites excluding steroid dienone is 1. The number of esters is 1. The lowest BCUT2D eigenvalue weighted by atomic mass is 9.97. The van der Waals surface area contributed by atoms with Crippen LogP contribution in [0.4, 0.5) is 0 Å². The molecule has 0 aliphatic heterocycles. The molecule has 0 aliphatic rings. The van der Waals surface area contributed by atoms with Crippen LogP contribution < -0.4 is 0 Å². The Morgan fingerprint density at radius 3 is 2.12 bits per heavy atom. The van der Waals surface area contributed by atoms with E-state index in [1.807, 2.05) is 0 Å². The SMILES string of the molecule is C=C(CC(C(C)=O)C(=O)OC)C[Si](C)(C)C. The van der Waals surface area contributed by atoms with E-state index in [1.165, 1.54) is 14.0 Å². The van der Waals surface area contributed by atoms with Gasteiger partial charge >= 0.3 is 5.97 Å². The van der Waals surface area contributed by atoms with E-state index >= 15 is 0 Å². The van der Waals surface area contributed by atoms with Crippen LogP contribution in [-0.4, -0.2) is 26.9 Å². The van der Waals surface area contributed by atoms with Crippen molar-refractivity contribution in [3.63, 3.8) is 0 Å². The zero-order valence-corrected chi connectivity index (χ0v) is 11.9. The number of ether oxygens (including phenoxy) is 1. The number of methoxy groups -OCH3 is 1. The molecule has 1 unspecified atom stereocenters. The van der Waals surface area contributed by atoms with E-state index in [1.54, 1.807) is 0 Å². The van der Waals surface area contributed by atoms with Crippen molar-refractivity contribution in [2.45, 2.75) is 39.0 Å². The molecule has 0 aromatic heterocycles. The topological polar surface area (TPSA) is 43.4 Å². The molecule has 92 valence electrons. The number of hydrogen-bond acceptors (Lipinski definition) is 3. The van der Waals surface area contributed by atoms with Crippen LogP contribution in [-0.2, 0) is 14.3 Å². The molecule has 0 bridgehead atoms. The lowest BCUT2D eigenvalue weighted by molar-refractivity contribution is -0.148. The third-order valence-corrected chi connectivity index (χ3v) is 3.81. The second kappa shape index (κ2) is 5.99. The van der Waals surface area contributed by atoms with Crippen molar-refractivity contribution in [3.8, 4) is 0 Å². The van der Waals surface area contributed by atoms with Gasteiger partial charge in [-0.25, -0.2) is 0 Å². The number of carbonyl (C=O) groups excluding carboxylic acids is 2. The fourth-order valence-corrected chi connectivity index (χ4v) is 3.29. The predicted molar refractivity (Wildman–Crippen MR) is 68.1 cm³/mol. The molecule has 0 rings (SSSR count). The first-order chi connectivity index (χ1) is 7.17. The Morgan fingerprint density at radius 2 is 1.81 bits per heavy atom. The van der Waals surface area contributed by atoms with Crippen molar-refractivity contribution >= 4 is 19.8 Å². The molecule has 0 N–H and O–H groups in total. The average Bonchev–Trinajstić information content (AvgIpc) is 2.09. The molecule has 0 aliphatic carbocycles.